The van der Waals surface area contributed by atoms with Crippen LogP contribution >= 0.6 is 23.2 Å². The molecule has 0 aliphatic heterocycles. The molecule has 0 unspecified atom stereocenters. The van der Waals surface area contributed by atoms with Crippen molar-refractivity contribution in [3.8, 4) is 11.3 Å². The Morgan fingerprint density at radius 2 is 1.96 bits per heavy atom. The number of nitrogens with zero attached hydrogens (tertiary/aromatic N) is 2. The van der Waals surface area contributed by atoms with E-state index in [0.29, 0.717) is 27.1 Å². The highest BCUT2D eigenvalue weighted by molar-refractivity contribution is 6.42. The molecule has 0 radical (unpaired) electrons. The van der Waals surface area contributed by atoms with E-state index in [1.54, 1.807) is 42.5 Å². The minimum Gasteiger partial charge on any atom is -0.455 e. The van der Waals surface area contributed by atoms with E-state index in [0.717, 1.165) is 5.56 Å². The summed E-state index contributed by atoms with van der Waals surface area (Å²) in [7, 11) is 0. The molecule has 0 bridgehead atoms. The minimum absolute atomic E-state index is 0.00683. The van der Waals surface area contributed by atoms with Gasteiger partial charge >= 0.3 is 0 Å². The lowest BCUT2D eigenvalue weighted by molar-refractivity contribution is -0.384. The third kappa shape index (κ3) is 4.41. The van der Waals surface area contributed by atoms with Crippen molar-refractivity contribution in [2.24, 2.45) is 5.16 Å². The van der Waals surface area contributed by atoms with Crippen molar-refractivity contribution in [1.82, 2.24) is 0 Å². The predicted molar refractivity (Wildman–Crippen MR) is 99.6 cm³/mol. The fourth-order valence-electron chi connectivity index (χ4n) is 2.19. The van der Waals surface area contributed by atoms with Crippen LogP contribution in [0.1, 0.15) is 11.3 Å². The lowest BCUT2D eigenvalue weighted by atomic mass is 10.2. The second-order valence-electron chi connectivity index (χ2n) is 5.27. The summed E-state index contributed by atoms with van der Waals surface area (Å²) in [5.41, 5.74) is 1.44. The van der Waals surface area contributed by atoms with Crippen LogP contribution in [-0.4, -0.2) is 11.1 Å². The summed E-state index contributed by atoms with van der Waals surface area (Å²) in [6, 6.07) is 14.9. The van der Waals surface area contributed by atoms with E-state index >= 15 is 0 Å². The van der Waals surface area contributed by atoms with E-state index in [-0.39, 0.29) is 12.3 Å². The Morgan fingerprint density at radius 3 is 2.73 bits per heavy atom. The average Bonchev–Trinajstić information content (AvgIpc) is 3.10. The Kier molecular flexibility index (Phi) is 5.55. The largest absolute Gasteiger partial charge is 0.455 e. The molecule has 0 saturated heterocycles. The molecule has 0 aliphatic carbocycles. The first-order chi connectivity index (χ1) is 12.5. The molecule has 8 heteroatoms. The second kappa shape index (κ2) is 8.03. The van der Waals surface area contributed by atoms with E-state index in [9.17, 15) is 10.1 Å². The van der Waals surface area contributed by atoms with Crippen molar-refractivity contribution < 1.29 is 14.2 Å². The number of oxime groups is 1. The van der Waals surface area contributed by atoms with Crippen LogP contribution in [-0.2, 0) is 11.4 Å². The standard InChI is InChI=1S/C18H12Cl2N2O4/c19-16-6-4-13(9-17(16)20)18-7-5-15(26-18)10-21-25-11-12-2-1-3-14(8-12)22(23)24/h1-10H,11H2/b21-10+. The Labute approximate surface area is 158 Å². The molecule has 2 aromatic carbocycles. The van der Waals surface area contributed by atoms with Crippen LogP contribution in [0.3, 0.4) is 0 Å². The first-order valence-corrected chi connectivity index (χ1v) is 8.22. The number of halogens is 2. The molecule has 6 nitrogen and oxygen atoms in total. The summed E-state index contributed by atoms with van der Waals surface area (Å²) in [4.78, 5) is 15.4. The monoisotopic (exact) mass is 390 g/mol. The molecular formula is C18H12Cl2N2O4. The summed E-state index contributed by atoms with van der Waals surface area (Å²) < 4.78 is 5.65. The molecule has 26 heavy (non-hydrogen) atoms. The second-order valence-corrected chi connectivity index (χ2v) is 6.08. The zero-order valence-electron chi connectivity index (χ0n) is 13.3. The molecule has 0 aliphatic rings. The molecule has 0 spiro atoms. The van der Waals surface area contributed by atoms with Gasteiger partial charge in [0.1, 0.15) is 24.3 Å². The summed E-state index contributed by atoms with van der Waals surface area (Å²) in [6.07, 6.45) is 1.42. The van der Waals surface area contributed by atoms with Gasteiger partial charge in [-0.15, -0.1) is 0 Å². The van der Waals surface area contributed by atoms with Gasteiger partial charge in [0.05, 0.1) is 15.0 Å². The van der Waals surface area contributed by atoms with Crippen LogP contribution in [0.15, 0.2) is 64.2 Å². The van der Waals surface area contributed by atoms with Crippen LogP contribution in [0.5, 0.6) is 0 Å². The Hall–Kier alpha value is -2.83. The maximum Gasteiger partial charge on any atom is 0.269 e. The molecule has 1 heterocycles. The van der Waals surface area contributed by atoms with Crippen LogP contribution in [0.4, 0.5) is 5.69 Å². The van der Waals surface area contributed by atoms with Gasteiger partial charge in [0, 0.05) is 17.7 Å². The van der Waals surface area contributed by atoms with Crippen molar-refractivity contribution in [3.63, 3.8) is 0 Å². The molecule has 0 fully saturated rings. The summed E-state index contributed by atoms with van der Waals surface area (Å²) >= 11 is 11.9. The number of hydrogen-bond acceptors (Lipinski definition) is 5. The van der Waals surface area contributed by atoms with Gasteiger partial charge in [0.2, 0.25) is 0 Å². The van der Waals surface area contributed by atoms with E-state index < -0.39 is 4.92 Å². The van der Waals surface area contributed by atoms with Crippen LogP contribution in [0, 0.1) is 10.1 Å². The average molecular weight is 391 g/mol. The van der Waals surface area contributed by atoms with Crippen LogP contribution < -0.4 is 0 Å². The fraction of sp³-hybridized carbons (Fsp3) is 0.0556. The van der Waals surface area contributed by atoms with Crippen LogP contribution in [0.25, 0.3) is 11.3 Å². The molecule has 3 rings (SSSR count). The summed E-state index contributed by atoms with van der Waals surface area (Å²) in [6.45, 7) is 0.110. The van der Waals surface area contributed by atoms with Gasteiger partial charge < -0.3 is 9.25 Å². The zero-order chi connectivity index (χ0) is 18.5. The predicted octanol–water partition coefficient (Wildman–Crippen LogP) is 5.71. The lowest BCUT2D eigenvalue weighted by Crippen LogP contribution is -1.92. The first-order valence-electron chi connectivity index (χ1n) is 7.47. The Balaban J connectivity index is 1.61. The molecule has 3 aromatic rings. The van der Waals surface area contributed by atoms with Gasteiger partial charge in [-0.05, 0) is 35.9 Å². The number of furan rings is 1. The highest BCUT2D eigenvalue weighted by atomic mass is 35.5. The van der Waals surface area contributed by atoms with Gasteiger partial charge in [-0.2, -0.15) is 0 Å². The maximum atomic E-state index is 10.7. The fourth-order valence-corrected chi connectivity index (χ4v) is 2.49. The molecular weight excluding hydrogens is 379 g/mol. The van der Waals surface area contributed by atoms with Crippen molar-refractivity contribution >= 4 is 35.1 Å². The molecule has 132 valence electrons. The Bertz CT molecular complexity index is 969. The van der Waals surface area contributed by atoms with E-state index in [4.69, 9.17) is 32.5 Å². The third-order valence-electron chi connectivity index (χ3n) is 3.44. The minimum atomic E-state index is -0.458. The Morgan fingerprint density at radius 1 is 1.12 bits per heavy atom. The summed E-state index contributed by atoms with van der Waals surface area (Å²) in [5, 5.41) is 15.5. The number of hydrogen-bond donors (Lipinski definition) is 0. The first kappa shape index (κ1) is 18.0. The number of non-ortho nitro benzene ring substituents is 1. The maximum absolute atomic E-state index is 10.7. The van der Waals surface area contributed by atoms with Gasteiger partial charge in [0.15, 0.2) is 0 Å². The smallest absolute Gasteiger partial charge is 0.269 e. The van der Waals surface area contributed by atoms with Crippen molar-refractivity contribution in [2.45, 2.75) is 6.61 Å². The van der Waals surface area contributed by atoms with Gasteiger partial charge in [0.25, 0.3) is 5.69 Å². The number of nitro benzene ring substituents is 1. The highest BCUT2D eigenvalue weighted by Gasteiger charge is 2.07. The van der Waals surface area contributed by atoms with Gasteiger partial charge in [-0.3, -0.25) is 10.1 Å². The third-order valence-corrected chi connectivity index (χ3v) is 4.18. The number of benzene rings is 2. The zero-order valence-corrected chi connectivity index (χ0v) is 14.8. The topological polar surface area (TPSA) is 77.9 Å². The van der Waals surface area contributed by atoms with E-state index in [1.807, 2.05) is 0 Å². The number of rotatable bonds is 6. The van der Waals surface area contributed by atoms with Crippen molar-refractivity contribution in [1.29, 1.82) is 0 Å². The quantitative estimate of drug-likeness (QED) is 0.306. The van der Waals surface area contributed by atoms with E-state index in [1.165, 1.54) is 18.3 Å². The van der Waals surface area contributed by atoms with E-state index in [2.05, 4.69) is 5.16 Å². The van der Waals surface area contributed by atoms with Crippen molar-refractivity contribution in [2.75, 3.05) is 0 Å². The normalized spacial score (nSPS) is 11.0. The van der Waals surface area contributed by atoms with Crippen LogP contribution in [0.2, 0.25) is 10.0 Å². The SMILES string of the molecule is O=[N+]([O-])c1cccc(CO/N=C/c2ccc(-c3ccc(Cl)c(Cl)c3)o2)c1. The highest BCUT2D eigenvalue weighted by Crippen LogP contribution is 2.29. The van der Waals surface area contributed by atoms with Gasteiger partial charge in [-0.1, -0.05) is 40.5 Å². The molecule has 0 N–H and O–H groups in total. The number of nitro groups is 1. The summed E-state index contributed by atoms with van der Waals surface area (Å²) in [5.74, 6) is 1.11. The van der Waals surface area contributed by atoms with Gasteiger partial charge in [-0.25, -0.2) is 0 Å². The van der Waals surface area contributed by atoms with Crippen molar-refractivity contribution in [3.05, 3.63) is 86.1 Å². The molecule has 0 saturated carbocycles. The lowest BCUT2D eigenvalue weighted by Gasteiger charge is -2.00. The molecule has 1 aromatic heterocycles. The molecule has 0 amide bonds. The molecule has 0 atom stereocenters.